The fourth-order valence-electron chi connectivity index (χ4n) is 3.80. The third-order valence-corrected chi connectivity index (χ3v) is 5.40. The number of amides is 1. The molecule has 2 fully saturated rings. The standard InChI is InChI=1S/C19H26FN3O3/c1-2-21-9-11-22(12-10-21)16-7-6-14(13-15(16)20)18(24)23-8-4-3-5-17(23)19(25)26/h6-7,13,17H,2-5,8-12H2,1H3,(H,25,26). The molecular weight excluding hydrogens is 337 g/mol. The number of carbonyl (C=O) groups excluding carboxylic acids is 1. The van der Waals surface area contributed by atoms with Crippen molar-refractivity contribution < 1.29 is 19.1 Å². The largest absolute Gasteiger partial charge is 0.480 e. The Bertz CT molecular complexity index is 674. The number of likely N-dealkylation sites (tertiary alicyclic amines) is 1. The van der Waals surface area contributed by atoms with E-state index in [4.69, 9.17) is 0 Å². The first-order valence-corrected chi connectivity index (χ1v) is 9.32. The van der Waals surface area contributed by atoms with Crippen molar-refractivity contribution in [3.63, 3.8) is 0 Å². The number of piperazine rings is 1. The lowest BCUT2D eigenvalue weighted by molar-refractivity contribution is -0.143. The average molecular weight is 363 g/mol. The lowest BCUT2D eigenvalue weighted by Gasteiger charge is -2.36. The van der Waals surface area contributed by atoms with Crippen LogP contribution in [0.2, 0.25) is 0 Å². The molecule has 1 aromatic carbocycles. The summed E-state index contributed by atoms with van der Waals surface area (Å²) >= 11 is 0. The molecule has 0 bridgehead atoms. The van der Waals surface area contributed by atoms with Crippen LogP contribution in [-0.4, -0.2) is 72.1 Å². The topological polar surface area (TPSA) is 64.1 Å². The normalized spacial score (nSPS) is 21.7. The van der Waals surface area contributed by atoms with Crippen LogP contribution in [0.1, 0.15) is 36.5 Å². The van der Waals surface area contributed by atoms with Crippen molar-refractivity contribution in [1.29, 1.82) is 0 Å². The van der Waals surface area contributed by atoms with Gasteiger partial charge in [0.15, 0.2) is 0 Å². The fraction of sp³-hybridized carbons (Fsp3) is 0.579. The second-order valence-electron chi connectivity index (χ2n) is 6.94. The number of nitrogens with zero attached hydrogens (tertiary/aromatic N) is 3. The van der Waals surface area contributed by atoms with Crippen LogP contribution in [-0.2, 0) is 4.79 Å². The second-order valence-corrected chi connectivity index (χ2v) is 6.94. The third kappa shape index (κ3) is 3.82. The zero-order valence-electron chi connectivity index (χ0n) is 15.2. The number of likely N-dealkylation sites (N-methyl/N-ethyl adjacent to an activating group) is 1. The Kier molecular flexibility index (Phi) is 5.76. The molecule has 0 saturated carbocycles. The Morgan fingerprint density at radius 2 is 1.88 bits per heavy atom. The quantitative estimate of drug-likeness (QED) is 0.887. The molecule has 0 aromatic heterocycles. The molecule has 0 spiro atoms. The number of rotatable bonds is 4. The van der Waals surface area contributed by atoms with Crippen molar-refractivity contribution in [3.05, 3.63) is 29.6 Å². The number of benzene rings is 1. The van der Waals surface area contributed by atoms with E-state index in [1.54, 1.807) is 12.1 Å². The first-order valence-electron chi connectivity index (χ1n) is 9.32. The molecular formula is C19H26FN3O3. The van der Waals surface area contributed by atoms with E-state index in [1.165, 1.54) is 11.0 Å². The van der Waals surface area contributed by atoms with Gasteiger partial charge in [0.25, 0.3) is 5.91 Å². The molecule has 2 heterocycles. The van der Waals surface area contributed by atoms with Gasteiger partial charge in [0.2, 0.25) is 0 Å². The molecule has 1 amide bonds. The van der Waals surface area contributed by atoms with Gasteiger partial charge in [0, 0.05) is 38.3 Å². The zero-order chi connectivity index (χ0) is 18.7. The van der Waals surface area contributed by atoms with E-state index >= 15 is 0 Å². The molecule has 0 radical (unpaired) electrons. The molecule has 6 nitrogen and oxygen atoms in total. The zero-order valence-corrected chi connectivity index (χ0v) is 15.2. The molecule has 1 N–H and O–H groups in total. The summed E-state index contributed by atoms with van der Waals surface area (Å²) < 4.78 is 14.7. The van der Waals surface area contributed by atoms with E-state index < -0.39 is 23.7 Å². The van der Waals surface area contributed by atoms with Crippen molar-refractivity contribution in [2.45, 2.75) is 32.2 Å². The molecule has 3 rings (SSSR count). The SMILES string of the molecule is CCN1CCN(c2ccc(C(=O)N3CCCCC3C(=O)O)cc2F)CC1. The molecule has 2 aliphatic heterocycles. The van der Waals surface area contributed by atoms with Crippen LogP contribution in [0.3, 0.4) is 0 Å². The summed E-state index contributed by atoms with van der Waals surface area (Å²) in [5.41, 5.74) is 0.720. The maximum absolute atomic E-state index is 14.7. The summed E-state index contributed by atoms with van der Waals surface area (Å²) in [5, 5.41) is 9.34. The minimum atomic E-state index is -0.996. The van der Waals surface area contributed by atoms with E-state index in [0.29, 0.717) is 18.7 Å². The number of hydrogen-bond acceptors (Lipinski definition) is 4. The van der Waals surface area contributed by atoms with Crippen LogP contribution in [0.4, 0.5) is 10.1 Å². The minimum absolute atomic E-state index is 0.214. The van der Waals surface area contributed by atoms with Gasteiger partial charge in [0.1, 0.15) is 11.9 Å². The van der Waals surface area contributed by atoms with Crippen LogP contribution in [0.5, 0.6) is 0 Å². The number of carboxylic acid groups (broad SMARTS) is 1. The van der Waals surface area contributed by atoms with Crippen molar-refractivity contribution >= 4 is 17.6 Å². The highest BCUT2D eigenvalue weighted by molar-refractivity contribution is 5.97. The average Bonchev–Trinajstić information content (AvgIpc) is 2.67. The summed E-state index contributed by atoms with van der Waals surface area (Å²) in [6.45, 7) is 6.80. The molecule has 1 aromatic rings. The molecule has 26 heavy (non-hydrogen) atoms. The number of aliphatic carboxylic acids is 1. The third-order valence-electron chi connectivity index (χ3n) is 5.40. The number of hydrogen-bond donors (Lipinski definition) is 1. The number of anilines is 1. The Labute approximate surface area is 153 Å². The molecule has 0 aliphatic carbocycles. The first-order chi connectivity index (χ1) is 12.5. The second kappa shape index (κ2) is 8.03. The van der Waals surface area contributed by atoms with Gasteiger partial charge >= 0.3 is 5.97 Å². The molecule has 2 aliphatic rings. The summed E-state index contributed by atoms with van der Waals surface area (Å²) in [7, 11) is 0. The van der Waals surface area contributed by atoms with Gasteiger partial charge < -0.3 is 19.8 Å². The Hall–Kier alpha value is -2.15. The predicted molar refractivity (Wildman–Crippen MR) is 97.0 cm³/mol. The lowest BCUT2D eigenvalue weighted by atomic mass is 10.0. The molecule has 2 saturated heterocycles. The number of halogens is 1. The Morgan fingerprint density at radius 3 is 2.50 bits per heavy atom. The number of piperidine rings is 1. The Morgan fingerprint density at radius 1 is 1.15 bits per heavy atom. The molecule has 7 heteroatoms. The molecule has 142 valence electrons. The van der Waals surface area contributed by atoms with Crippen LogP contribution in [0.15, 0.2) is 18.2 Å². The predicted octanol–water partition coefficient (Wildman–Crippen LogP) is 2.05. The first kappa shape index (κ1) is 18.6. The van der Waals surface area contributed by atoms with E-state index in [9.17, 15) is 19.1 Å². The van der Waals surface area contributed by atoms with Crippen molar-refractivity contribution in [3.8, 4) is 0 Å². The summed E-state index contributed by atoms with van der Waals surface area (Å²) in [6, 6.07) is 3.68. The molecule has 1 atom stereocenters. The number of carbonyl (C=O) groups is 2. The highest BCUT2D eigenvalue weighted by Gasteiger charge is 2.32. The van der Waals surface area contributed by atoms with Crippen molar-refractivity contribution in [2.24, 2.45) is 0 Å². The van der Waals surface area contributed by atoms with Gasteiger partial charge in [-0.15, -0.1) is 0 Å². The van der Waals surface area contributed by atoms with E-state index in [-0.39, 0.29) is 5.56 Å². The van der Waals surface area contributed by atoms with Crippen LogP contribution in [0, 0.1) is 5.82 Å². The van der Waals surface area contributed by atoms with Crippen molar-refractivity contribution in [2.75, 3.05) is 44.2 Å². The van der Waals surface area contributed by atoms with Gasteiger partial charge in [0.05, 0.1) is 5.69 Å². The monoisotopic (exact) mass is 363 g/mol. The van der Waals surface area contributed by atoms with Crippen molar-refractivity contribution in [1.82, 2.24) is 9.80 Å². The maximum Gasteiger partial charge on any atom is 0.326 e. The summed E-state index contributed by atoms with van der Waals surface area (Å²) in [6.07, 6.45) is 2.01. The fourth-order valence-corrected chi connectivity index (χ4v) is 3.80. The summed E-state index contributed by atoms with van der Waals surface area (Å²) in [4.78, 5) is 29.8. The van der Waals surface area contributed by atoms with E-state index in [2.05, 4.69) is 11.8 Å². The molecule has 1 unspecified atom stereocenters. The number of carboxylic acids is 1. The van der Waals surface area contributed by atoms with Gasteiger partial charge in [-0.3, -0.25) is 4.79 Å². The van der Waals surface area contributed by atoms with E-state index in [1.807, 2.05) is 4.90 Å². The van der Waals surface area contributed by atoms with Gasteiger partial charge in [-0.1, -0.05) is 6.92 Å². The highest BCUT2D eigenvalue weighted by atomic mass is 19.1. The smallest absolute Gasteiger partial charge is 0.326 e. The van der Waals surface area contributed by atoms with Gasteiger partial charge in [-0.25, -0.2) is 9.18 Å². The highest BCUT2D eigenvalue weighted by Crippen LogP contribution is 2.25. The Balaban J connectivity index is 1.74. The van der Waals surface area contributed by atoms with Gasteiger partial charge in [-0.05, 0) is 44.0 Å². The minimum Gasteiger partial charge on any atom is -0.480 e. The summed E-state index contributed by atoms with van der Waals surface area (Å²) in [5.74, 6) is -1.83. The van der Waals surface area contributed by atoms with Crippen LogP contribution >= 0.6 is 0 Å². The van der Waals surface area contributed by atoms with Gasteiger partial charge in [-0.2, -0.15) is 0 Å². The van der Waals surface area contributed by atoms with Crippen LogP contribution in [0.25, 0.3) is 0 Å². The lowest BCUT2D eigenvalue weighted by Crippen LogP contribution is -2.48. The van der Waals surface area contributed by atoms with Crippen LogP contribution < -0.4 is 4.90 Å². The maximum atomic E-state index is 14.7. The van der Waals surface area contributed by atoms with E-state index in [0.717, 1.165) is 45.6 Å².